The highest BCUT2D eigenvalue weighted by atomic mass is 35.5. The Kier molecular flexibility index (Phi) is 6.86. The van der Waals surface area contributed by atoms with Gasteiger partial charge in [-0.2, -0.15) is 4.98 Å². The van der Waals surface area contributed by atoms with Crippen molar-refractivity contribution < 1.29 is 9.26 Å². The van der Waals surface area contributed by atoms with E-state index in [9.17, 15) is 0 Å². The quantitative estimate of drug-likeness (QED) is 0.651. The maximum atomic E-state index is 5.92. The van der Waals surface area contributed by atoms with Crippen LogP contribution in [0.25, 0.3) is 0 Å². The number of aromatic nitrogens is 2. The summed E-state index contributed by atoms with van der Waals surface area (Å²) < 4.78 is 10.9. The lowest BCUT2D eigenvalue weighted by Crippen LogP contribution is -2.21. The minimum absolute atomic E-state index is 0.529. The fourth-order valence-electron chi connectivity index (χ4n) is 2.19. The molecule has 0 bridgehead atoms. The highest BCUT2D eigenvalue weighted by molar-refractivity contribution is 6.30. The molecule has 0 spiro atoms. The number of benzene rings is 1. The minimum atomic E-state index is 0.529. The van der Waals surface area contributed by atoms with Gasteiger partial charge in [-0.1, -0.05) is 36.7 Å². The van der Waals surface area contributed by atoms with E-state index in [0.717, 1.165) is 31.0 Å². The lowest BCUT2D eigenvalue weighted by atomic mass is 10.1. The Bertz CT molecular complexity index is 601. The van der Waals surface area contributed by atoms with Crippen molar-refractivity contribution in [2.24, 2.45) is 5.92 Å². The van der Waals surface area contributed by atoms with E-state index in [0.29, 0.717) is 30.0 Å². The second kappa shape index (κ2) is 8.89. The summed E-state index contributed by atoms with van der Waals surface area (Å²) in [5.41, 5.74) is 0. The second-order valence-corrected chi connectivity index (χ2v) is 6.54. The first-order chi connectivity index (χ1) is 11.0. The zero-order valence-corrected chi connectivity index (χ0v) is 14.7. The summed E-state index contributed by atoms with van der Waals surface area (Å²) in [5, 5.41) is 4.69. The average molecular weight is 338 g/mol. The Hall–Kier alpha value is -1.59. The Morgan fingerprint density at radius 2 is 2.17 bits per heavy atom. The van der Waals surface area contributed by atoms with Gasteiger partial charge in [-0.15, -0.1) is 0 Å². The van der Waals surface area contributed by atoms with Crippen LogP contribution in [0.5, 0.6) is 5.75 Å². The summed E-state index contributed by atoms with van der Waals surface area (Å²) >= 11 is 5.92. The van der Waals surface area contributed by atoms with Crippen LogP contribution >= 0.6 is 11.6 Å². The van der Waals surface area contributed by atoms with Crippen molar-refractivity contribution >= 4 is 11.6 Å². The van der Waals surface area contributed by atoms with E-state index in [1.807, 2.05) is 31.3 Å². The van der Waals surface area contributed by atoms with Gasteiger partial charge in [0.25, 0.3) is 0 Å². The van der Waals surface area contributed by atoms with Crippen LogP contribution in [0.1, 0.15) is 32.0 Å². The van der Waals surface area contributed by atoms with E-state index >= 15 is 0 Å². The molecule has 0 unspecified atom stereocenters. The van der Waals surface area contributed by atoms with Gasteiger partial charge >= 0.3 is 0 Å². The van der Waals surface area contributed by atoms with Gasteiger partial charge in [-0.25, -0.2) is 0 Å². The number of hydrogen-bond acceptors (Lipinski definition) is 5. The summed E-state index contributed by atoms with van der Waals surface area (Å²) in [6.45, 7) is 6.47. The van der Waals surface area contributed by atoms with E-state index in [4.69, 9.17) is 20.9 Å². The lowest BCUT2D eigenvalue weighted by molar-refractivity contribution is 0.235. The van der Waals surface area contributed by atoms with Gasteiger partial charge in [0.15, 0.2) is 5.82 Å². The SMILES string of the molecule is CC(C)Cc1noc(CN(C)CCCOc2cccc(Cl)c2)n1. The molecule has 0 saturated heterocycles. The molecule has 23 heavy (non-hydrogen) atoms. The molecule has 0 atom stereocenters. The summed E-state index contributed by atoms with van der Waals surface area (Å²) in [5.74, 6) is 2.78. The van der Waals surface area contributed by atoms with Crippen LogP contribution in [-0.4, -0.2) is 35.2 Å². The zero-order valence-electron chi connectivity index (χ0n) is 14.0. The van der Waals surface area contributed by atoms with Crippen molar-refractivity contribution in [3.05, 3.63) is 41.0 Å². The molecule has 0 aliphatic heterocycles. The molecule has 1 aromatic heterocycles. The number of hydrogen-bond donors (Lipinski definition) is 0. The largest absolute Gasteiger partial charge is 0.493 e. The van der Waals surface area contributed by atoms with E-state index in [2.05, 4.69) is 28.9 Å². The first-order valence-electron chi connectivity index (χ1n) is 7.91. The highest BCUT2D eigenvalue weighted by Crippen LogP contribution is 2.17. The van der Waals surface area contributed by atoms with Crippen LogP contribution in [0.2, 0.25) is 5.02 Å². The molecule has 2 rings (SSSR count). The number of halogens is 1. The van der Waals surface area contributed by atoms with Crippen LogP contribution in [0.4, 0.5) is 0 Å². The lowest BCUT2D eigenvalue weighted by Gasteiger charge is -2.14. The molecule has 1 heterocycles. The predicted octanol–water partition coefficient (Wildman–Crippen LogP) is 3.82. The Morgan fingerprint density at radius 1 is 1.35 bits per heavy atom. The van der Waals surface area contributed by atoms with E-state index < -0.39 is 0 Å². The molecule has 0 aliphatic carbocycles. The molecule has 0 N–H and O–H groups in total. The van der Waals surface area contributed by atoms with Crippen LogP contribution < -0.4 is 4.74 Å². The molecule has 0 amide bonds. The fourth-order valence-corrected chi connectivity index (χ4v) is 2.37. The van der Waals surface area contributed by atoms with Crippen molar-refractivity contribution in [3.63, 3.8) is 0 Å². The summed E-state index contributed by atoms with van der Waals surface area (Å²) in [6, 6.07) is 7.44. The third-order valence-electron chi connectivity index (χ3n) is 3.26. The minimum Gasteiger partial charge on any atom is -0.493 e. The van der Waals surface area contributed by atoms with Crippen LogP contribution in [0, 0.1) is 5.92 Å². The number of nitrogens with zero attached hydrogens (tertiary/aromatic N) is 3. The standard InChI is InChI=1S/C17H24ClN3O2/c1-13(2)10-16-19-17(23-20-16)12-21(3)8-5-9-22-15-7-4-6-14(18)11-15/h4,6-7,11,13H,5,8-10,12H2,1-3H3. The first-order valence-corrected chi connectivity index (χ1v) is 8.29. The van der Waals surface area contributed by atoms with E-state index in [-0.39, 0.29) is 0 Å². The molecule has 0 radical (unpaired) electrons. The van der Waals surface area contributed by atoms with E-state index in [1.165, 1.54) is 0 Å². The molecule has 0 fully saturated rings. The van der Waals surface area contributed by atoms with Gasteiger partial charge in [0.05, 0.1) is 13.2 Å². The Labute approximate surface area is 142 Å². The van der Waals surface area contributed by atoms with Crippen LogP contribution in [0.3, 0.4) is 0 Å². The predicted molar refractivity (Wildman–Crippen MR) is 90.7 cm³/mol. The van der Waals surface area contributed by atoms with E-state index in [1.54, 1.807) is 0 Å². The summed E-state index contributed by atoms with van der Waals surface area (Å²) in [4.78, 5) is 6.56. The van der Waals surface area contributed by atoms with Crippen molar-refractivity contribution in [2.45, 2.75) is 33.2 Å². The smallest absolute Gasteiger partial charge is 0.240 e. The Balaban J connectivity index is 1.66. The van der Waals surface area contributed by atoms with Gasteiger partial charge in [0.1, 0.15) is 5.75 Å². The molecule has 2 aromatic rings. The molecule has 5 nitrogen and oxygen atoms in total. The number of ether oxygens (including phenoxy) is 1. The highest BCUT2D eigenvalue weighted by Gasteiger charge is 2.10. The normalized spacial score (nSPS) is 11.4. The molecule has 0 aliphatic rings. The topological polar surface area (TPSA) is 51.4 Å². The van der Waals surface area contributed by atoms with Gasteiger partial charge in [-0.3, -0.25) is 4.90 Å². The summed E-state index contributed by atoms with van der Waals surface area (Å²) in [6.07, 6.45) is 1.76. The molecule has 126 valence electrons. The molecule has 6 heteroatoms. The van der Waals surface area contributed by atoms with Gasteiger partial charge < -0.3 is 9.26 Å². The molecule has 1 aromatic carbocycles. The second-order valence-electron chi connectivity index (χ2n) is 6.10. The maximum absolute atomic E-state index is 5.92. The van der Waals surface area contributed by atoms with Crippen molar-refractivity contribution in [1.29, 1.82) is 0 Å². The average Bonchev–Trinajstić information content (AvgIpc) is 2.90. The summed E-state index contributed by atoms with van der Waals surface area (Å²) in [7, 11) is 2.03. The third-order valence-corrected chi connectivity index (χ3v) is 3.49. The first kappa shape index (κ1) is 17.8. The molecular weight excluding hydrogens is 314 g/mol. The molecule has 0 saturated carbocycles. The van der Waals surface area contributed by atoms with Gasteiger partial charge in [-0.05, 0) is 37.6 Å². The third kappa shape index (κ3) is 6.59. The monoisotopic (exact) mass is 337 g/mol. The van der Waals surface area contributed by atoms with Crippen molar-refractivity contribution in [1.82, 2.24) is 15.0 Å². The van der Waals surface area contributed by atoms with Gasteiger partial charge in [0, 0.05) is 18.0 Å². The van der Waals surface area contributed by atoms with Crippen LogP contribution in [-0.2, 0) is 13.0 Å². The van der Waals surface area contributed by atoms with Gasteiger partial charge in [0.2, 0.25) is 5.89 Å². The number of rotatable bonds is 9. The Morgan fingerprint density at radius 3 is 2.91 bits per heavy atom. The molecular formula is C17H24ClN3O2. The van der Waals surface area contributed by atoms with Crippen molar-refractivity contribution in [2.75, 3.05) is 20.2 Å². The fraction of sp³-hybridized carbons (Fsp3) is 0.529. The maximum Gasteiger partial charge on any atom is 0.240 e. The van der Waals surface area contributed by atoms with Crippen molar-refractivity contribution in [3.8, 4) is 5.75 Å². The zero-order chi connectivity index (χ0) is 16.7. The van der Waals surface area contributed by atoms with Crippen LogP contribution in [0.15, 0.2) is 28.8 Å².